The van der Waals surface area contributed by atoms with Gasteiger partial charge in [-0.25, -0.2) is 4.40 Å². The molecule has 0 unspecified atom stereocenters. The fraction of sp³-hybridized carbons (Fsp3) is 0.227. The molecule has 0 fully saturated rings. The van der Waals surface area contributed by atoms with Gasteiger partial charge in [0.1, 0.15) is 0 Å². The van der Waals surface area contributed by atoms with E-state index in [1.54, 1.807) is 33.7 Å². The lowest BCUT2D eigenvalue weighted by Crippen LogP contribution is -2.06. The lowest BCUT2D eigenvalue weighted by molar-refractivity contribution is 0.304. The van der Waals surface area contributed by atoms with Gasteiger partial charge in [-0.1, -0.05) is 30.3 Å². The highest BCUT2D eigenvalue weighted by Crippen LogP contribution is 2.41. The van der Waals surface area contributed by atoms with Gasteiger partial charge in [0.05, 0.1) is 40.3 Å². The Kier molecular flexibility index (Phi) is 5.65. The first kappa shape index (κ1) is 19.5. The number of aromatic nitrogens is 4. The summed E-state index contributed by atoms with van der Waals surface area (Å²) >= 11 is 0. The van der Waals surface area contributed by atoms with Crippen LogP contribution in [0.5, 0.6) is 23.1 Å². The Balaban J connectivity index is 1.70. The van der Waals surface area contributed by atoms with Gasteiger partial charge in [-0.05, 0) is 17.7 Å². The Morgan fingerprint density at radius 3 is 2.27 bits per heavy atom. The quantitative estimate of drug-likeness (QED) is 0.443. The molecule has 0 radical (unpaired) electrons. The van der Waals surface area contributed by atoms with Crippen LogP contribution >= 0.6 is 0 Å². The van der Waals surface area contributed by atoms with E-state index in [1.165, 1.54) is 5.56 Å². The number of fused-ring (bicyclic) bond motifs is 1. The molecule has 154 valence electrons. The van der Waals surface area contributed by atoms with Crippen molar-refractivity contribution in [3.63, 3.8) is 0 Å². The fourth-order valence-corrected chi connectivity index (χ4v) is 3.24. The number of methoxy groups -OCH3 is 3. The number of benzene rings is 2. The van der Waals surface area contributed by atoms with Crippen molar-refractivity contribution in [2.45, 2.75) is 6.42 Å². The van der Waals surface area contributed by atoms with Crippen LogP contribution in [0, 0.1) is 0 Å². The van der Waals surface area contributed by atoms with Crippen LogP contribution < -0.4 is 18.9 Å². The lowest BCUT2D eigenvalue weighted by atomic mass is 10.1. The van der Waals surface area contributed by atoms with Crippen LogP contribution in [0.4, 0.5) is 0 Å². The summed E-state index contributed by atoms with van der Waals surface area (Å²) in [5, 5.41) is 8.57. The monoisotopic (exact) mass is 406 g/mol. The number of ether oxygens (including phenoxy) is 4. The second-order valence-corrected chi connectivity index (χ2v) is 6.46. The van der Waals surface area contributed by atoms with Gasteiger partial charge in [0.25, 0.3) is 0 Å². The van der Waals surface area contributed by atoms with Gasteiger partial charge >= 0.3 is 0 Å². The third-order valence-corrected chi connectivity index (χ3v) is 4.69. The highest BCUT2D eigenvalue weighted by Gasteiger charge is 2.19. The molecule has 2 aromatic heterocycles. The normalized spacial score (nSPS) is 10.8. The van der Waals surface area contributed by atoms with E-state index in [0.29, 0.717) is 41.2 Å². The minimum Gasteiger partial charge on any atom is -0.493 e. The van der Waals surface area contributed by atoms with Gasteiger partial charge < -0.3 is 18.9 Å². The molecule has 8 nitrogen and oxygen atoms in total. The molecule has 0 amide bonds. The summed E-state index contributed by atoms with van der Waals surface area (Å²) in [5.74, 6) is 2.71. The Bertz CT molecular complexity index is 1120. The van der Waals surface area contributed by atoms with Gasteiger partial charge in [-0.15, -0.1) is 10.2 Å². The molecule has 0 bridgehead atoms. The lowest BCUT2D eigenvalue weighted by Gasteiger charge is -2.14. The molecule has 0 N–H and O–H groups in total. The Hall–Kier alpha value is -3.81. The van der Waals surface area contributed by atoms with E-state index < -0.39 is 0 Å². The van der Waals surface area contributed by atoms with Crippen LogP contribution in [0.3, 0.4) is 0 Å². The molecule has 0 aliphatic heterocycles. The third kappa shape index (κ3) is 3.71. The summed E-state index contributed by atoms with van der Waals surface area (Å²) in [6, 6.07) is 13.8. The average molecular weight is 406 g/mol. The summed E-state index contributed by atoms with van der Waals surface area (Å²) < 4.78 is 24.2. The Labute approximate surface area is 174 Å². The molecule has 30 heavy (non-hydrogen) atoms. The number of hydrogen-bond acceptors (Lipinski definition) is 7. The van der Waals surface area contributed by atoms with Crippen molar-refractivity contribution in [2.75, 3.05) is 27.9 Å². The maximum absolute atomic E-state index is 6.04. The molecular weight excluding hydrogens is 384 g/mol. The zero-order valence-corrected chi connectivity index (χ0v) is 17.0. The smallest absolute Gasteiger partial charge is 0.220 e. The molecule has 4 aromatic rings. The molecule has 2 heterocycles. The van der Waals surface area contributed by atoms with Crippen LogP contribution in [0.25, 0.3) is 17.0 Å². The molecule has 0 aliphatic rings. The van der Waals surface area contributed by atoms with E-state index in [2.05, 4.69) is 27.3 Å². The minimum atomic E-state index is 0.498. The molecule has 0 spiro atoms. The average Bonchev–Trinajstić information content (AvgIpc) is 3.24. The molecule has 0 aliphatic carbocycles. The summed E-state index contributed by atoms with van der Waals surface area (Å²) in [4.78, 5) is 4.22. The van der Waals surface area contributed by atoms with Crippen molar-refractivity contribution in [1.82, 2.24) is 19.6 Å². The first-order valence-corrected chi connectivity index (χ1v) is 9.41. The molecule has 2 aromatic carbocycles. The van der Waals surface area contributed by atoms with E-state index in [9.17, 15) is 0 Å². The van der Waals surface area contributed by atoms with Crippen LogP contribution in [0.2, 0.25) is 0 Å². The third-order valence-electron chi connectivity index (χ3n) is 4.69. The van der Waals surface area contributed by atoms with Gasteiger partial charge in [0, 0.05) is 12.0 Å². The Morgan fingerprint density at radius 2 is 1.60 bits per heavy atom. The van der Waals surface area contributed by atoms with Crippen LogP contribution in [-0.4, -0.2) is 47.5 Å². The van der Waals surface area contributed by atoms with Gasteiger partial charge in [0.2, 0.25) is 11.6 Å². The number of nitrogens with zero attached hydrogens (tertiary/aromatic N) is 4. The summed E-state index contributed by atoms with van der Waals surface area (Å²) in [6.07, 6.45) is 4.07. The van der Waals surface area contributed by atoms with Crippen LogP contribution in [0.15, 0.2) is 54.9 Å². The second kappa shape index (κ2) is 8.69. The van der Waals surface area contributed by atoms with E-state index in [-0.39, 0.29) is 0 Å². The van der Waals surface area contributed by atoms with Gasteiger partial charge in [-0.2, -0.15) is 0 Å². The second-order valence-electron chi connectivity index (χ2n) is 6.46. The topological polar surface area (TPSA) is 80.0 Å². The first-order chi connectivity index (χ1) is 14.7. The highest BCUT2D eigenvalue weighted by molar-refractivity contribution is 5.68. The maximum atomic E-state index is 6.04. The SMILES string of the molecule is COc1cc(-c2nnc3cncc(OCCc4ccccc4)n23)cc(OC)c1OC. The zero-order valence-electron chi connectivity index (χ0n) is 17.0. The maximum Gasteiger partial charge on any atom is 0.220 e. The predicted molar refractivity (Wildman–Crippen MR) is 112 cm³/mol. The zero-order chi connectivity index (χ0) is 20.9. The first-order valence-electron chi connectivity index (χ1n) is 9.41. The molecule has 0 saturated heterocycles. The summed E-state index contributed by atoms with van der Waals surface area (Å²) in [5.41, 5.74) is 2.53. The van der Waals surface area contributed by atoms with Crippen molar-refractivity contribution >= 4 is 5.65 Å². The predicted octanol–water partition coefficient (Wildman–Crippen LogP) is 3.44. The van der Waals surface area contributed by atoms with E-state index in [1.807, 2.05) is 34.7 Å². The van der Waals surface area contributed by atoms with E-state index in [0.717, 1.165) is 12.0 Å². The molecule has 8 heteroatoms. The number of hydrogen-bond donors (Lipinski definition) is 0. The van der Waals surface area contributed by atoms with Gasteiger partial charge in [0.15, 0.2) is 23.0 Å². The van der Waals surface area contributed by atoms with Crippen molar-refractivity contribution < 1.29 is 18.9 Å². The van der Waals surface area contributed by atoms with Crippen molar-refractivity contribution in [2.24, 2.45) is 0 Å². The Morgan fingerprint density at radius 1 is 0.867 bits per heavy atom. The van der Waals surface area contributed by atoms with Crippen LogP contribution in [-0.2, 0) is 6.42 Å². The largest absolute Gasteiger partial charge is 0.493 e. The summed E-state index contributed by atoms with van der Waals surface area (Å²) in [7, 11) is 4.72. The molecular formula is C22H22N4O4. The molecule has 0 atom stereocenters. The number of rotatable bonds is 8. The van der Waals surface area contributed by atoms with E-state index in [4.69, 9.17) is 18.9 Å². The molecule has 0 saturated carbocycles. The van der Waals surface area contributed by atoms with Gasteiger partial charge in [-0.3, -0.25) is 4.98 Å². The van der Waals surface area contributed by atoms with Crippen molar-refractivity contribution in [3.05, 3.63) is 60.4 Å². The molecule has 4 rings (SSSR count). The summed E-state index contributed by atoms with van der Waals surface area (Å²) in [6.45, 7) is 0.498. The van der Waals surface area contributed by atoms with Crippen molar-refractivity contribution in [3.8, 4) is 34.5 Å². The van der Waals surface area contributed by atoms with Crippen molar-refractivity contribution in [1.29, 1.82) is 0 Å². The minimum absolute atomic E-state index is 0.498. The standard InChI is InChI=1S/C22H22N4O4/c1-27-17-11-16(12-18(28-2)21(17)29-3)22-25-24-19-13-23-14-20(26(19)22)30-10-9-15-7-5-4-6-8-15/h4-8,11-14H,9-10H2,1-3H3. The fourth-order valence-electron chi connectivity index (χ4n) is 3.24. The van der Waals surface area contributed by atoms with Crippen LogP contribution in [0.1, 0.15) is 5.56 Å². The van der Waals surface area contributed by atoms with E-state index >= 15 is 0 Å². The highest BCUT2D eigenvalue weighted by atomic mass is 16.5.